The standard InChI is InChI=1S/C21H23N3O5/c1-27-17-12-16(13-18(28-2)20(17)29-3)21(26)22-14-19(25)24-23-11-7-10-15-8-5-4-6-9-15/h4-13H,14H2,1-3H3,(H,22,26)(H,24,25)/b10-7+,23-11-. The van der Waals surface area contributed by atoms with E-state index in [1.54, 1.807) is 6.08 Å². The van der Waals surface area contributed by atoms with Gasteiger partial charge in [0.1, 0.15) is 0 Å². The Morgan fingerprint density at radius 2 is 1.66 bits per heavy atom. The Labute approximate surface area is 169 Å². The molecule has 0 fully saturated rings. The average Bonchev–Trinajstić information content (AvgIpc) is 2.76. The van der Waals surface area contributed by atoms with Crippen LogP contribution in [0.25, 0.3) is 6.08 Å². The van der Waals surface area contributed by atoms with E-state index in [0.29, 0.717) is 17.2 Å². The van der Waals surface area contributed by atoms with Gasteiger partial charge in [0.25, 0.3) is 11.8 Å². The van der Waals surface area contributed by atoms with Crippen molar-refractivity contribution in [1.82, 2.24) is 10.7 Å². The molecule has 0 spiro atoms. The minimum atomic E-state index is -0.465. The van der Waals surface area contributed by atoms with E-state index in [2.05, 4.69) is 15.8 Å². The Balaban J connectivity index is 1.87. The second kappa shape index (κ2) is 11.1. The largest absolute Gasteiger partial charge is 0.493 e. The van der Waals surface area contributed by atoms with E-state index in [1.165, 1.54) is 39.7 Å². The first kappa shape index (κ1) is 21.5. The van der Waals surface area contributed by atoms with E-state index in [4.69, 9.17) is 14.2 Å². The maximum atomic E-state index is 12.3. The molecule has 0 aliphatic heterocycles. The third-order valence-electron chi connectivity index (χ3n) is 3.77. The second-order valence-electron chi connectivity index (χ2n) is 5.68. The van der Waals surface area contributed by atoms with Gasteiger partial charge in [-0.05, 0) is 23.8 Å². The summed E-state index contributed by atoms with van der Waals surface area (Å²) in [5.41, 5.74) is 3.62. The van der Waals surface area contributed by atoms with Gasteiger partial charge in [0, 0.05) is 11.8 Å². The molecule has 0 atom stereocenters. The summed E-state index contributed by atoms with van der Waals surface area (Å²) in [7, 11) is 4.38. The topological polar surface area (TPSA) is 98.2 Å². The summed E-state index contributed by atoms with van der Waals surface area (Å²) >= 11 is 0. The van der Waals surface area contributed by atoms with Gasteiger partial charge >= 0.3 is 0 Å². The van der Waals surface area contributed by atoms with Gasteiger partial charge in [-0.3, -0.25) is 9.59 Å². The molecule has 0 aromatic heterocycles. The highest BCUT2D eigenvalue weighted by Gasteiger charge is 2.17. The summed E-state index contributed by atoms with van der Waals surface area (Å²) in [5.74, 6) is 0.136. The SMILES string of the molecule is COc1cc(C(=O)NCC(=O)N/N=C\C=C\c2ccccc2)cc(OC)c1OC. The third kappa shape index (κ3) is 6.39. The molecule has 2 amide bonds. The molecule has 8 heteroatoms. The lowest BCUT2D eigenvalue weighted by Crippen LogP contribution is -2.34. The summed E-state index contributed by atoms with van der Waals surface area (Å²) in [6, 6.07) is 12.7. The molecule has 8 nitrogen and oxygen atoms in total. The highest BCUT2D eigenvalue weighted by atomic mass is 16.5. The van der Waals surface area contributed by atoms with Gasteiger partial charge in [-0.1, -0.05) is 36.4 Å². The van der Waals surface area contributed by atoms with Crippen LogP contribution in [0.3, 0.4) is 0 Å². The minimum Gasteiger partial charge on any atom is -0.493 e. The smallest absolute Gasteiger partial charge is 0.259 e. The first-order chi connectivity index (χ1) is 14.1. The normalized spacial score (nSPS) is 10.7. The number of ether oxygens (including phenoxy) is 3. The fourth-order valence-electron chi connectivity index (χ4n) is 2.38. The van der Waals surface area contributed by atoms with Crippen LogP contribution in [0, 0.1) is 0 Å². The fourth-order valence-corrected chi connectivity index (χ4v) is 2.38. The maximum absolute atomic E-state index is 12.3. The van der Waals surface area contributed by atoms with Crippen molar-refractivity contribution in [1.29, 1.82) is 0 Å². The fraction of sp³-hybridized carbons (Fsp3) is 0.190. The van der Waals surface area contributed by atoms with Crippen molar-refractivity contribution < 1.29 is 23.8 Å². The molecule has 0 saturated carbocycles. The molecule has 2 aromatic carbocycles. The van der Waals surface area contributed by atoms with Crippen molar-refractivity contribution in [2.75, 3.05) is 27.9 Å². The van der Waals surface area contributed by atoms with E-state index in [9.17, 15) is 9.59 Å². The molecule has 29 heavy (non-hydrogen) atoms. The van der Waals surface area contributed by atoms with E-state index in [1.807, 2.05) is 36.4 Å². The maximum Gasteiger partial charge on any atom is 0.259 e. The average molecular weight is 397 g/mol. The summed E-state index contributed by atoms with van der Waals surface area (Å²) in [4.78, 5) is 24.2. The first-order valence-corrected chi connectivity index (χ1v) is 8.71. The van der Waals surface area contributed by atoms with Crippen LogP contribution in [0.1, 0.15) is 15.9 Å². The molecule has 0 aliphatic rings. The Morgan fingerprint density at radius 3 is 2.24 bits per heavy atom. The van der Waals surface area contributed by atoms with Gasteiger partial charge in [0.2, 0.25) is 5.75 Å². The van der Waals surface area contributed by atoms with Crippen molar-refractivity contribution in [3.05, 3.63) is 59.7 Å². The number of hydrogen-bond acceptors (Lipinski definition) is 6. The zero-order chi connectivity index (χ0) is 21.1. The first-order valence-electron chi connectivity index (χ1n) is 8.71. The number of nitrogens with one attached hydrogen (secondary N) is 2. The Bertz CT molecular complexity index is 869. The predicted molar refractivity (Wildman–Crippen MR) is 111 cm³/mol. The zero-order valence-corrected chi connectivity index (χ0v) is 16.5. The number of carbonyl (C=O) groups is 2. The van der Waals surface area contributed by atoms with Crippen LogP contribution >= 0.6 is 0 Å². The van der Waals surface area contributed by atoms with Crippen LogP contribution in [-0.2, 0) is 4.79 Å². The molecule has 2 aromatic rings. The lowest BCUT2D eigenvalue weighted by Gasteiger charge is -2.13. The molecule has 0 saturated heterocycles. The Morgan fingerprint density at radius 1 is 1.00 bits per heavy atom. The van der Waals surface area contributed by atoms with Crippen LogP contribution in [0.15, 0.2) is 53.6 Å². The number of nitrogens with zero attached hydrogens (tertiary/aromatic N) is 1. The number of methoxy groups -OCH3 is 3. The van der Waals surface area contributed by atoms with Gasteiger partial charge in [-0.25, -0.2) is 5.43 Å². The number of allylic oxidation sites excluding steroid dienone is 1. The third-order valence-corrected chi connectivity index (χ3v) is 3.77. The summed E-state index contributed by atoms with van der Waals surface area (Å²) in [5, 5.41) is 6.31. The van der Waals surface area contributed by atoms with Crippen molar-refractivity contribution in [3.8, 4) is 17.2 Å². The lowest BCUT2D eigenvalue weighted by molar-refractivity contribution is -0.120. The summed E-state index contributed by atoms with van der Waals surface area (Å²) in [6.07, 6.45) is 5.00. The van der Waals surface area contributed by atoms with E-state index >= 15 is 0 Å². The van der Waals surface area contributed by atoms with Crippen molar-refractivity contribution >= 4 is 24.1 Å². The number of amides is 2. The number of hydrogen-bond donors (Lipinski definition) is 2. The van der Waals surface area contributed by atoms with Crippen LogP contribution in [0.2, 0.25) is 0 Å². The number of rotatable bonds is 9. The molecule has 0 heterocycles. The van der Waals surface area contributed by atoms with Crippen molar-refractivity contribution in [2.24, 2.45) is 5.10 Å². The molecule has 152 valence electrons. The Hall–Kier alpha value is -3.81. The predicted octanol–water partition coefficient (Wildman–Crippen LogP) is 2.26. The van der Waals surface area contributed by atoms with Gasteiger partial charge in [-0.15, -0.1) is 0 Å². The molecule has 0 radical (unpaired) electrons. The van der Waals surface area contributed by atoms with Gasteiger partial charge < -0.3 is 19.5 Å². The molecule has 0 aliphatic carbocycles. The summed E-state index contributed by atoms with van der Waals surface area (Å²) < 4.78 is 15.6. The van der Waals surface area contributed by atoms with E-state index in [-0.39, 0.29) is 12.1 Å². The highest BCUT2D eigenvalue weighted by molar-refractivity contribution is 5.97. The highest BCUT2D eigenvalue weighted by Crippen LogP contribution is 2.38. The van der Waals surface area contributed by atoms with Crippen molar-refractivity contribution in [2.45, 2.75) is 0 Å². The summed E-state index contributed by atoms with van der Waals surface area (Å²) in [6.45, 7) is -0.241. The Kier molecular flexibility index (Phi) is 8.25. The lowest BCUT2D eigenvalue weighted by atomic mass is 10.1. The van der Waals surface area contributed by atoms with Crippen LogP contribution < -0.4 is 25.0 Å². The molecule has 0 bridgehead atoms. The monoisotopic (exact) mass is 397 g/mol. The molecule has 0 unspecified atom stereocenters. The molecular formula is C21H23N3O5. The van der Waals surface area contributed by atoms with Crippen molar-refractivity contribution in [3.63, 3.8) is 0 Å². The number of hydrazone groups is 1. The minimum absolute atomic E-state index is 0.241. The van der Waals surface area contributed by atoms with E-state index in [0.717, 1.165) is 5.56 Å². The molecule has 2 N–H and O–H groups in total. The van der Waals surface area contributed by atoms with Gasteiger partial charge in [0.05, 0.1) is 27.9 Å². The molecular weight excluding hydrogens is 374 g/mol. The van der Waals surface area contributed by atoms with Crippen LogP contribution in [0.5, 0.6) is 17.2 Å². The number of carbonyl (C=O) groups excluding carboxylic acids is 2. The molecule has 2 rings (SSSR count). The number of benzene rings is 2. The van der Waals surface area contributed by atoms with Crippen LogP contribution in [0.4, 0.5) is 0 Å². The van der Waals surface area contributed by atoms with E-state index < -0.39 is 11.8 Å². The van der Waals surface area contributed by atoms with Crippen LogP contribution in [-0.4, -0.2) is 45.9 Å². The van der Waals surface area contributed by atoms with Gasteiger partial charge in [-0.2, -0.15) is 5.10 Å². The quantitative estimate of drug-likeness (QED) is 0.500. The second-order valence-corrected chi connectivity index (χ2v) is 5.68. The van der Waals surface area contributed by atoms with Gasteiger partial charge in [0.15, 0.2) is 11.5 Å². The zero-order valence-electron chi connectivity index (χ0n) is 16.5.